The summed E-state index contributed by atoms with van der Waals surface area (Å²) in [6.45, 7) is 2.18. The summed E-state index contributed by atoms with van der Waals surface area (Å²) in [5, 5.41) is 0. The van der Waals surface area contributed by atoms with Crippen LogP contribution in [-0.4, -0.2) is 6.04 Å². The van der Waals surface area contributed by atoms with Crippen molar-refractivity contribution >= 4 is 0 Å². The second kappa shape index (κ2) is 4.80. The zero-order chi connectivity index (χ0) is 10.7. The summed E-state index contributed by atoms with van der Waals surface area (Å²) in [5.41, 5.74) is 8.97. The average molecular weight is 203 g/mol. The highest BCUT2D eigenvalue weighted by atomic mass is 14.6. The number of nitrogens with two attached hydrogens (primary N) is 1. The molecule has 1 saturated carbocycles. The Bertz CT molecular complexity index is 315. The molecule has 0 bridgehead atoms. The highest BCUT2D eigenvalue weighted by Crippen LogP contribution is 2.33. The fraction of sp³-hybridized carbons (Fsp3) is 0.571. The van der Waals surface area contributed by atoms with Crippen molar-refractivity contribution in [2.24, 2.45) is 11.7 Å². The molecule has 2 rings (SSSR count). The fourth-order valence-electron chi connectivity index (χ4n) is 2.13. The quantitative estimate of drug-likeness (QED) is 0.782. The van der Waals surface area contributed by atoms with E-state index in [4.69, 9.17) is 5.73 Å². The first-order valence-corrected chi connectivity index (χ1v) is 6.06. The molecule has 1 aromatic carbocycles. The molecule has 0 spiro atoms. The van der Waals surface area contributed by atoms with Crippen molar-refractivity contribution in [3.8, 4) is 0 Å². The van der Waals surface area contributed by atoms with Gasteiger partial charge >= 0.3 is 0 Å². The van der Waals surface area contributed by atoms with Gasteiger partial charge in [0.2, 0.25) is 0 Å². The highest BCUT2D eigenvalue weighted by Gasteiger charge is 2.23. The molecule has 1 nitrogen and oxygen atoms in total. The molecule has 0 heterocycles. The Hall–Kier alpha value is -0.820. The van der Waals surface area contributed by atoms with Crippen LogP contribution in [0.1, 0.15) is 36.8 Å². The standard InChI is InChI=1S/C14H21N/c1-11-4-2-3-5-13(11)8-9-14(15)10-12-6-7-12/h2-5,12,14H,6-10,15H2,1H3. The van der Waals surface area contributed by atoms with E-state index in [0.29, 0.717) is 6.04 Å². The SMILES string of the molecule is Cc1ccccc1CCC(N)CC1CC1. The van der Waals surface area contributed by atoms with Gasteiger partial charge in [0.25, 0.3) is 0 Å². The predicted molar refractivity (Wildman–Crippen MR) is 64.8 cm³/mol. The third-order valence-corrected chi connectivity index (χ3v) is 3.38. The summed E-state index contributed by atoms with van der Waals surface area (Å²) >= 11 is 0. The van der Waals surface area contributed by atoms with Crippen LogP contribution in [0, 0.1) is 12.8 Å². The van der Waals surface area contributed by atoms with E-state index in [9.17, 15) is 0 Å². The number of benzene rings is 1. The molecule has 1 aliphatic carbocycles. The predicted octanol–water partition coefficient (Wildman–Crippen LogP) is 3.06. The lowest BCUT2D eigenvalue weighted by atomic mass is 9.99. The third-order valence-electron chi connectivity index (χ3n) is 3.38. The molecule has 0 radical (unpaired) electrons. The Morgan fingerprint density at radius 2 is 2.07 bits per heavy atom. The Morgan fingerprint density at radius 1 is 1.33 bits per heavy atom. The highest BCUT2D eigenvalue weighted by molar-refractivity contribution is 5.25. The van der Waals surface area contributed by atoms with Crippen LogP contribution in [0.4, 0.5) is 0 Å². The van der Waals surface area contributed by atoms with Crippen LogP contribution in [0.3, 0.4) is 0 Å². The molecule has 2 N–H and O–H groups in total. The molecule has 82 valence electrons. The molecule has 1 atom stereocenters. The first-order valence-electron chi connectivity index (χ1n) is 6.06. The second-order valence-corrected chi connectivity index (χ2v) is 4.90. The van der Waals surface area contributed by atoms with Crippen molar-refractivity contribution in [1.29, 1.82) is 0 Å². The molecule has 1 heteroatoms. The van der Waals surface area contributed by atoms with Crippen molar-refractivity contribution in [1.82, 2.24) is 0 Å². The van der Waals surface area contributed by atoms with Crippen molar-refractivity contribution in [3.05, 3.63) is 35.4 Å². The van der Waals surface area contributed by atoms with Gasteiger partial charge in [-0.3, -0.25) is 0 Å². The van der Waals surface area contributed by atoms with Gasteiger partial charge in [-0.05, 0) is 43.2 Å². The number of hydrogen-bond donors (Lipinski definition) is 1. The molecule has 1 aliphatic rings. The zero-order valence-corrected chi connectivity index (χ0v) is 9.58. The van der Waals surface area contributed by atoms with Gasteiger partial charge in [0.05, 0.1) is 0 Å². The second-order valence-electron chi connectivity index (χ2n) is 4.90. The lowest BCUT2D eigenvalue weighted by molar-refractivity contribution is 0.533. The minimum absolute atomic E-state index is 0.414. The topological polar surface area (TPSA) is 26.0 Å². The lowest BCUT2D eigenvalue weighted by Gasteiger charge is -2.11. The average Bonchev–Trinajstić information content (AvgIpc) is 3.00. The van der Waals surface area contributed by atoms with Crippen LogP contribution in [0.5, 0.6) is 0 Å². The minimum Gasteiger partial charge on any atom is -0.328 e. The van der Waals surface area contributed by atoms with Crippen LogP contribution in [-0.2, 0) is 6.42 Å². The molecule has 0 amide bonds. The molecule has 1 unspecified atom stereocenters. The van der Waals surface area contributed by atoms with Crippen LogP contribution >= 0.6 is 0 Å². The van der Waals surface area contributed by atoms with Crippen molar-refractivity contribution in [2.75, 3.05) is 0 Å². The maximum atomic E-state index is 6.11. The van der Waals surface area contributed by atoms with Crippen LogP contribution in [0.25, 0.3) is 0 Å². The molecule has 1 aromatic rings. The Morgan fingerprint density at radius 3 is 2.73 bits per heavy atom. The molecular weight excluding hydrogens is 182 g/mol. The van der Waals surface area contributed by atoms with E-state index < -0.39 is 0 Å². The molecule has 0 aromatic heterocycles. The lowest BCUT2D eigenvalue weighted by Crippen LogP contribution is -2.21. The maximum absolute atomic E-state index is 6.11. The van der Waals surface area contributed by atoms with Crippen molar-refractivity contribution in [3.63, 3.8) is 0 Å². The molecule has 0 saturated heterocycles. The van der Waals surface area contributed by atoms with Crippen LogP contribution < -0.4 is 5.73 Å². The van der Waals surface area contributed by atoms with Gasteiger partial charge in [-0.25, -0.2) is 0 Å². The smallest absolute Gasteiger partial charge is 0.00446 e. The van der Waals surface area contributed by atoms with Gasteiger partial charge in [0, 0.05) is 6.04 Å². The summed E-state index contributed by atoms with van der Waals surface area (Å²) in [6, 6.07) is 9.04. The van der Waals surface area contributed by atoms with Crippen molar-refractivity contribution < 1.29 is 0 Å². The largest absolute Gasteiger partial charge is 0.328 e. The van der Waals surface area contributed by atoms with Crippen molar-refractivity contribution in [2.45, 2.75) is 45.1 Å². The summed E-state index contributed by atoms with van der Waals surface area (Å²) < 4.78 is 0. The Labute approximate surface area is 92.7 Å². The van der Waals surface area contributed by atoms with Crippen LogP contribution in [0.2, 0.25) is 0 Å². The molecule has 0 aliphatic heterocycles. The first kappa shape index (κ1) is 10.7. The summed E-state index contributed by atoms with van der Waals surface area (Å²) in [7, 11) is 0. The summed E-state index contributed by atoms with van der Waals surface area (Å²) in [6.07, 6.45) is 6.35. The van der Waals surface area contributed by atoms with E-state index in [1.54, 1.807) is 0 Å². The van der Waals surface area contributed by atoms with Gasteiger partial charge in [0.15, 0.2) is 0 Å². The normalized spacial score (nSPS) is 17.7. The maximum Gasteiger partial charge on any atom is 0.00446 e. The number of hydrogen-bond acceptors (Lipinski definition) is 1. The molecule has 1 fully saturated rings. The Balaban J connectivity index is 1.78. The van der Waals surface area contributed by atoms with Gasteiger partial charge < -0.3 is 5.73 Å². The van der Waals surface area contributed by atoms with Gasteiger partial charge in [-0.2, -0.15) is 0 Å². The summed E-state index contributed by atoms with van der Waals surface area (Å²) in [5.74, 6) is 0.955. The van der Waals surface area contributed by atoms with E-state index in [1.807, 2.05) is 0 Å². The van der Waals surface area contributed by atoms with E-state index in [2.05, 4.69) is 31.2 Å². The zero-order valence-electron chi connectivity index (χ0n) is 9.58. The van der Waals surface area contributed by atoms with E-state index in [-0.39, 0.29) is 0 Å². The third kappa shape index (κ3) is 3.35. The van der Waals surface area contributed by atoms with Gasteiger partial charge in [-0.1, -0.05) is 37.1 Å². The number of aryl methyl sites for hydroxylation is 2. The van der Waals surface area contributed by atoms with Crippen LogP contribution in [0.15, 0.2) is 24.3 Å². The summed E-state index contributed by atoms with van der Waals surface area (Å²) in [4.78, 5) is 0. The van der Waals surface area contributed by atoms with Gasteiger partial charge in [-0.15, -0.1) is 0 Å². The van der Waals surface area contributed by atoms with Gasteiger partial charge in [0.1, 0.15) is 0 Å². The Kier molecular flexibility index (Phi) is 3.42. The first-order chi connectivity index (χ1) is 7.25. The number of rotatable bonds is 5. The van der Waals surface area contributed by atoms with E-state index >= 15 is 0 Å². The van der Waals surface area contributed by atoms with E-state index in [1.165, 1.54) is 30.4 Å². The molecule has 15 heavy (non-hydrogen) atoms. The minimum atomic E-state index is 0.414. The van der Waals surface area contributed by atoms with E-state index in [0.717, 1.165) is 18.8 Å². The monoisotopic (exact) mass is 203 g/mol. The fourth-order valence-corrected chi connectivity index (χ4v) is 2.13. The molecular formula is C14H21N.